The summed E-state index contributed by atoms with van der Waals surface area (Å²) < 4.78 is 1.80. The molecule has 0 saturated heterocycles. The van der Waals surface area contributed by atoms with E-state index in [4.69, 9.17) is 5.73 Å². The zero-order valence-electron chi connectivity index (χ0n) is 13.2. The van der Waals surface area contributed by atoms with Gasteiger partial charge in [-0.15, -0.1) is 0 Å². The molecule has 1 amide bonds. The third-order valence-electron chi connectivity index (χ3n) is 4.40. The molecule has 1 fully saturated rings. The van der Waals surface area contributed by atoms with E-state index in [-0.39, 0.29) is 11.6 Å². The molecule has 1 aromatic heterocycles. The molecular weight excluding hydrogens is 310 g/mol. The third kappa shape index (κ3) is 3.27. The number of primary amides is 1. The van der Waals surface area contributed by atoms with Gasteiger partial charge in [0.15, 0.2) is 5.16 Å². The van der Waals surface area contributed by atoms with Crippen LogP contribution in [-0.4, -0.2) is 20.7 Å². The summed E-state index contributed by atoms with van der Waals surface area (Å²) in [5.74, 6) is -0.396. The molecule has 1 saturated carbocycles. The number of carbonyl (C=O) groups is 1. The maximum atomic E-state index is 13.0. The van der Waals surface area contributed by atoms with Crippen molar-refractivity contribution in [3.63, 3.8) is 0 Å². The molecule has 0 unspecified atom stereocenters. The second-order valence-electron chi connectivity index (χ2n) is 6.04. The Morgan fingerprint density at radius 3 is 2.70 bits per heavy atom. The summed E-state index contributed by atoms with van der Waals surface area (Å²) in [6.45, 7) is 1.75. The van der Waals surface area contributed by atoms with Crippen LogP contribution in [0.1, 0.15) is 45.1 Å². The van der Waals surface area contributed by atoms with Crippen molar-refractivity contribution in [2.45, 2.75) is 55.5 Å². The monoisotopic (exact) mass is 331 g/mol. The second-order valence-corrected chi connectivity index (χ2v) is 7.35. The molecule has 2 N–H and O–H groups in total. The Bertz CT molecular complexity index is 781. The van der Waals surface area contributed by atoms with E-state index in [0.29, 0.717) is 16.1 Å². The predicted octanol–water partition coefficient (Wildman–Crippen LogP) is 2.87. The molecule has 2 aromatic rings. The number of thioether (sulfide) groups is 1. The number of rotatable bonds is 4. The molecule has 23 heavy (non-hydrogen) atoms. The molecule has 5 nitrogen and oxygen atoms in total. The van der Waals surface area contributed by atoms with Crippen molar-refractivity contribution < 1.29 is 4.79 Å². The molecule has 1 aliphatic rings. The van der Waals surface area contributed by atoms with Gasteiger partial charge in [-0.25, -0.2) is 4.98 Å². The fraction of sp³-hybridized carbons (Fsp3) is 0.471. The summed E-state index contributed by atoms with van der Waals surface area (Å²) in [6, 6.07) is 7.54. The molecule has 0 radical (unpaired) electrons. The Balaban J connectivity index is 2.14. The zero-order valence-corrected chi connectivity index (χ0v) is 14.0. The molecule has 0 aliphatic heterocycles. The summed E-state index contributed by atoms with van der Waals surface area (Å²) in [6.07, 6.45) is 5.43. The number of hydrogen-bond acceptors (Lipinski definition) is 4. The number of para-hydroxylation sites is 1. The molecule has 1 aromatic carbocycles. The standard InChI is InChI=1S/C17H21N3O2S/c1-11(15(18)21)23-17-19-14-10-6-5-9-13(14)16(22)20(17)12-7-3-2-4-8-12/h5-6,9-12H,2-4,7-8H2,1H3,(H2,18,21)/t11-/m1/s1. The van der Waals surface area contributed by atoms with Gasteiger partial charge >= 0.3 is 0 Å². The van der Waals surface area contributed by atoms with Crippen molar-refractivity contribution in [1.29, 1.82) is 0 Å². The van der Waals surface area contributed by atoms with Crippen LogP contribution in [-0.2, 0) is 4.79 Å². The van der Waals surface area contributed by atoms with Crippen molar-refractivity contribution >= 4 is 28.6 Å². The van der Waals surface area contributed by atoms with Crippen LogP contribution in [0.2, 0.25) is 0 Å². The van der Waals surface area contributed by atoms with Crippen molar-refractivity contribution in [1.82, 2.24) is 9.55 Å². The lowest BCUT2D eigenvalue weighted by Crippen LogP contribution is -2.30. The second kappa shape index (κ2) is 6.74. The van der Waals surface area contributed by atoms with Crippen molar-refractivity contribution in [2.75, 3.05) is 0 Å². The first-order chi connectivity index (χ1) is 11.1. The van der Waals surface area contributed by atoms with Gasteiger partial charge in [0.2, 0.25) is 5.91 Å². The zero-order chi connectivity index (χ0) is 16.4. The van der Waals surface area contributed by atoms with Gasteiger partial charge in [0.05, 0.1) is 16.2 Å². The maximum absolute atomic E-state index is 13.0. The van der Waals surface area contributed by atoms with E-state index >= 15 is 0 Å². The summed E-state index contributed by atoms with van der Waals surface area (Å²) in [5, 5.41) is 0.818. The Kier molecular flexibility index (Phi) is 4.71. The number of carbonyl (C=O) groups excluding carboxylic acids is 1. The first-order valence-corrected chi connectivity index (χ1v) is 8.93. The van der Waals surface area contributed by atoms with Gasteiger partial charge in [0, 0.05) is 6.04 Å². The highest BCUT2D eigenvalue weighted by molar-refractivity contribution is 8.00. The fourth-order valence-corrected chi connectivity index (χ4v) is 4.02. The van der Waals surface area contributed by atoms with Crippen molar-refractivity contribution in [3.8, 4) is 0 Å². The number of aromatic nitrogens is 2. The van der Waals surface area contributed by atoms with Crippen LogP contribution in [0.5, 0.6) is 0 Å². The smallest absolute Gasteiger partial charge is 0.262 e. The van der Waals surface area contributed by atoms with E-state index in [1.807, 2.05) is 24.3 Å². The van der Waals surface area contributed by atoms with E-state index in [1.54, 1.807) is 11.5 Å². The highest BCUT2D eigenvalue weighted by Gasteiger charge is 2.23. The molecule has 0 spiro atoms. The molecule has 1 heterocycles. The average molecular weight is 331 g/mol. The minimum Gasteiger partial charge on any atom is -0.369 e. The van der Waals surface area contributed by atoms with Crippen LogP contribution in [0.15, 0.2) is 34.2 Å². The topological polar surface area (TPSA) is 78.0 Å². The van der Waals surface area contributed by atoms with Crippen LogP contribution in [0.25, 0.3) is 10.9 Å². The Morgan fingerprint density at radius 2 is 2.00 bits per heavy atom. The Hall–Kier alpha value is -1.82. The van der Waals surface area contributed by atoms with Crippen LogP contribution in [0, 0.1) is 0 Å². The lowest BCUT2D eigenvalue weighted by Gasteiger charge is -2.26. The predicted molar refractivity (Wildman–Crippen MR) is 92.6 cm³/mol. The first-order valence-electron chi connectivity index (χ1n) is 8.05. The minimum atomic E-state index is -0.419. The average Bonchev–Trinajstić information content (AvgIpc) is 2.56. The SMILES string of the molecule is C[C@@H](Sc1nc2ccccc2c(=O)n1C1CCCCC1)C(N)=O. The van der Waals surface area contributed by atoms with Crippen molar-refractivity contribution in [2.24, 2.45) is 5.73 Å². The molecule has 0 bridgehead atoms. The van der Waals surface area contributed by atoms with Crippen LogP contribution in [0.4, 0.5) is 0 Å². The van der Waals surface area contributed by atoms with Gasteiger partial charge in [-0.1, -0.05) is 43.2 Å². The fourth-order valence-electron chi connectivity index (χ4n) is 3.09. The largest absolute Gasteiger partial charge is 0.369 e. The summed E-state index contributed by atoms with van der Waals surface area (Å²) in [4.78, 5) is 29.1. The van der Waals surface area contributed by atoms with E-state index in [9.17, 15) is 9.59 Å². The van der Waals surface area contributed by atoms with Gasteiger partial charge in [0.1, 0.15) is 0 Å². The molecule has 3 rings (SSSR count). The van der Waals surface area contributed by atoms with E-state index in [0.717, 1.165) is 25.7 Å². The van der Waals surface area contributed by atoms with E-state index < -0.39 is 11.2 Å². The third-order valence-corrected chi connectivity index (χ3v) is 5.48. The Morgan fingerprint density at radius 1 is 1.30 bits per heavy atom. The van der Waals surface area contributed by atoms with Gasteiger partial charge in [-0.2, -0.15) is 0 Å². The molecule has 6 heteroatoms. The van der Waals surface area contributed by atoms with Crippen LogP contribution >= 0.6 is 11.8 Å². The number of amides is 1. The van der Waals surface area contributed by atoms with Gasteiger partial charge < -0.3 is 5.73 Å². The van der Waals surface area contributed by atoms with Crippen LogP contribution in [0.3, 0.4) is 0 Å². The normalized spacial score (nSPS) is 17.3. The number of benzene rings is 1. The van der Waals surface area contributed by atoms with Gasteiger partial charge in [-0.05, 0) is 31.9 Å². The molecule has 122 valence electrons. The van der Waals surface area contributed by atoms with Gasteiger partial charge in [-0.3, -0.25) is 14.2 Å². The lowest BCUT2D eigenvalue weighted by molar-refractivity contribution is -0.117. The highest BCUT2D eigenvalue weighted by atomic mass is 32.2. The number of nitrogens with two attached hydrogens (primary N) is 1. The Labute approximate surface area is 139 Å². The molecule has 1 aliphatic carbocycles. The maximum Gasteiger partial charge on any atom is 0.262 e. The first kappa shape index (κ1) is 16.1. The highest BCUT2D eigenvalue weighted by Crippen LogP contribution is 2.32. The molecule has 1 atom stereocenters. The van der Waals surface area contributed by atoms with E-state index in [1.165, 1.54) is 18.2 Å². The van der Waals surface area contributed by atoms with Crippen LogP contribution < -0.4 is 11.3 Å². The summed E-state index contributed by atoms with van der Waals surface area (Å²) in [5.41, 5.74) is 6.05. The quantitative estimate of drug-likeness (QED) is 0.690. The number of hydrogen-bond donors (Lipinski definition) is 1. The van der Waals surface area contributed by atoms with Gasteiger partial charge in [0.25, 0.3) is 5.56 Å². The summed E-state index contributed by atoms with van der Waals surface area (Å²) in [7, 11) is 0. The van der Waals surface area contributed by atoms with E-state index in [2.05, 4.69) is 4.98 Å². The number of fused-ring (bicyclic) bond motifs is 1. The van der Waals surface area contributed by atoms with Crippen molar-refractivity contribution in [3.05, 3.63) is 34.6 Å². The minimum absolute atomic E-state index is 0.0123. The lowest BCUT2D eigenvalue weighted by atomic mass is 9.95. The molecular formula is C17H21N3O2S. The number of nitrogens with zero attached hydrogens (tertiary/aromatic N) is 2. The summed E-state index contributed by atoms with van der Waals surface area (Å²) >= 11 is 1.28.